The molecule has 0 amide bonds. The number of benzene rings is 2. The Bertz CT molecular complexity index is 912. The van der Waals surface area contributed by atoms with Gasteiger partial charge in [-0.25, -0.2) is 9.97 Å². The summed E-state index contributed by atoms with van der Waals surface area (Å²) in [4.78, 5) is 9.26. The number of nitrogens with zero attached hydrogens (tertiary/aromatic N) is 2. The predicted octanol–water partition coefficient (Wildman–Crippen LogP) is 2.36. The van der Waals surface area contributed by atoms with Crippen molar-refractivity contribution in [2.75, 3.05) is 14.2 Å². The molecule has 0 spiro atoms. The van der Waals surface area contributed by atoms with Crippen LogP contribution in [0.2, 0.25) is 0 Å². The molecule has 1 aromatic heterocycles. The van der Waals surface area contributed by atoms with Gasteiger partial charge in [0.05, 0.1) is 35.8 Å². The van der Waals surface area contributed by atoms with E-state index >= 15 is 0 Å². The van der Waals surface area contributed by atoms with E-state index in [0.717, 1.165) is 34.7 Å². The number of ether oxygens (including phenoxy) is 1. The Morgan fingerprint density at radius 3 is 2.09 bits per heavy atom. The van der Waals surface area contributed by atoms with Crippen LogP contribution in [0.4, 0.5) is 0 Å². The summed E-state index contributed by atoms with van der Waals surface area (Å²) in [7, 11) is -1.60. The second kappa shape index (κ2) is 7.42. The van der Waals surface area contributed by atoms with Crippen molar-refractivity contribution in [2.24, 2.45) is 0 Å². The molecule has 2 aromatic carbocycles. The van der Waals surface area contributed by atoms with E-state index in [9.17, 15) is 8.42 Å². The lowest BCUT2D eigenvalue weighted by Crippen LogP contribution is -1.96. The normalized spacial score (nSPS) is 11.3. The van der Waals surface area contributed by atoms with E-state index in [1.54, 1.807) is 7.11 Å². The van der Waals surface area contributed by atoms with Gasteiger partial charge in [0.1, 0.15) is 0 Å². The van der Waals surface area contributed by atoms with E-state index in [1.807, 2.05) is 42.5 Å². The van der Waals surface area contributed by atoms with Gasteiger partial charge in [-0.2, -0.15) is 8.42 Å². The second-order valence-electron chi connectivity index (χ2n) is 4.52. The first-order valence-electron chi connectivity index (χ1n) is 6.61. The highest BCUT2D eigenvalue weighted by Crippen LogP contribution is 2.19. The molecule has 0 fully saturated rings. The van der Waals surface area contributed by atoms with Crippen molar-refractivity contribution in [3.05, 3.63) is 48.0 Å². The monoisotopic (exact) mass is 336 g/mol. The quantitative estimate of drug-likeness (QED) is 0.579. The fourth-order valence-electron chi connectivity index (χ4n) is 1.97. The van der Waals surface area contributed by atoms with Crippen molar-refractivity contribution < 1.29 is 21.9 Å². The molecule has 0 unspecified atom stereocenters. The average molecular weight is 336 g/mol. The highest BCUT2D eigenvalue weighted by Gasteiger charge is 2.05. The molecule has 0 saturated carbocycles. The number of para-hydroxylation sites is 3. The van der Waals surface area contributed by atoms with Gasteiger partial charge in [0, 0.05) is 12.7 Å². The molecule has 122 valence electrons. The third-order valence-electron chi connectivity index (χ3n) is 2.96. The Morgan fingerprint density at radius 1 is 0.957 bits per heavy atom. The smallest absolute Gasteiger partial charge is 0.380 e. The summed E-state index contributed by atoms with van der Waals surface area (Å²) in [6.07, 6.45) is 0. The fraction of sp³-hybridized carbons (Fsp3) is 0.200. The first kappa shape index (κ1) is 17.2. The van der Waals surface area contributed by atoms with Crippen molar-refractivity contribution in [3.8, 4) is 0 Å². The molecule has 3 rings (SSSR count). The molecule has 1 heterocycles. The zero-order chi connectivity index (χ0) is 16.9. The molecule has 3 aromatic rings. The Labute approximate surface area is 133 Å². The predicted molar refractivity (Wildman–Crippen MR) is 86.3 cm³/mol. The standard InChI is InChI=1S/C14H12N2O.CH4O4S/c1-17-9-10-5-4-8-13-14(10)16-12-7-3-2-6-11(12)15-13;1-5-6(2,3)4/h2-8H,9H2,1H3;1H3,(H,2,3,4). The number of aromatic nitrogens is 2. The van der Waals surface area contributed by atoms with Crippen molar-refractivity contribution in [2.45, 2.75) is 6.61 Å². The molecular formula is C15H16N2O5S. The fourth-order valence-corrected chi connectivity index (χ4v) is 1.97. The van der Waals surface area contributed by atoms with E-state index in [1.165, 1.54) is 0 Å². The molecule has 0 saturated heterocycles. The summed E-state index contributed by atoms with van der Waals surface area (Å²) in [5, 5.41) is 0. The maximum absolute atomic E-state index is 9.33. The molecular weight excluding hydrogens is 320 g/mol. The Balaban J connectivity index is 0.000000277. The van der Waals surface area contributed by atoms with E-state index in [4.69, 9.17) is 9.29 Å². The van der Waals surface area contributed by atoms with Gasteiger partial charge in [0.2, 0.25) is 0 Å². The number of rotatable bonds is 3. The summed E-state index contributed by atoms with van der Waals surface area (Å²) in [5.41, 5.74) is 4.76. The first-order valence-corrected chi connectivity index (χ1v) is 7.97. The zero-order valence-electron chi connectivity index (χ0n) is 12.6. The van der Waals surface area contributed by atoms with Gasteiger partial charge >= 0.3 is 10.4 Å². The molecule has 0 radical (unpaired) electrons. The molecule has 0 aliphatic rings. The van der Waals surface area contributed by atoms with Gasteiger partial charge < -0.3 is 4.74 Å². The highest BCUT2D eigenvalue weighted by molar-refractivity contribution is 7.80. The van der Waals surface area contributed by atoms with Crippen molar-refractivity contribution >= 4 is 32.5 Å². The van der Waals surface area contributed by atoms with Gasteiger partial charge in [-0.05, 0) is 18.2 Å². The molecule has 8 heteroatoms. The summed E-state index contributed by atoms with van der Waals surface area (Å²) in [6, 6.07) is 13.9. The zero-order valence-corrected chi connectivity index (χ0v) is 13.4. The lowest BCUT2D eigenvalue weighted by Gasteiger charge is -2.05. The van der Waals surface area contributed by atoms with Crippen LogP contribution in [-0.4, -0.2) is 37.2 Å². The SMILES string of the molecule is COCc1cccc2nc3ccccc3nc12.COS(=O)(=O)O. The molecule has 23 heavy (non-hydrogen) atoms. The van der Waals surface area contributed by atoms with E-state index in [2.05, 4.69) is 14.2 Å². The molecule has 0 bridgehead atoms. The molecule has 1 N–H and O–H groups in total. The minimum atomic E-state index is -4.16. The highest BCUT2D eigenvalue weighted by atomic mass is 32.3. The first-order chi connectivity index (χ1) is 10.9. The maximum Gasteiger partial charge on any atom is 0.397 e. The summed E-state index contributed by atoms with van der Waals surface area (Å²) >= 11 is 0. The molecule has 0 aliphatic carbocycles. The number of fused-ring (bicyclic) bond motifs is 2. The van der Waals surface area contributed by atoms with Crippen molar-refractivity contribution in [1.29, 1.82) is 0 Å². The Kier molecular flexibility index (Phi) is 5.56. The lowest BCUT2D eigenvalue weighted by molar-refractivity contribution is 0.186. The van der Waals surface area contributed by atoms with Crippen LogP contribution < -0.4 is 0 Å². The van der Waals surface area contributed by atoms with Crippen molar-refractivity contribution in [1.82, 2.24) is 9.97 Å². The third-order valence-corrected chi connectivity index (χ3v) is 3.38. The van der Waals surface area contributed by atoms with Gasteiger partial charge in [-0.3, -0.25) is 8.74 Å². The summed E-state index contributed by atoms with van der Waals surface area (Å²) < 4.78 is 34.9. The molecule has 0 atom stereocenters. The van der Waals surface area contributed by atoms with E-state index < -0.39 is 10.4 Å². The Hall–Kier alpha value is -2.13. The van der Waals surface area contributed by atoms with Crippen molar-refractivity contribution in [3.63, 3.8) is 0 Å². The summed E-state index contributed by atoms with van der Waals surface area (Å²) in [5.74, 6) is 0. The van der Waals surface area contributed by atoms with Crippen LogP contribution in [-0.2, 0) is 25.9 Å². The average Bonchev–Trinajstić information content (AvgIpc) is 2.54. The second-order valence-corrected chi connectivity index (χ2v) is 5.71. The number of methoxy groups -OCH3 is 1. The van der Waals surface area contributed by atoms with Crippen LogP contribution in [0.25, 0.3) is 22.1 Å². The van der Waals surface area contributed by atoms with Gasteiger partial charge in [-0.1, -0.05) is 24.3 Å². The van der Waals surface area contributed by atoms with Crippen LogP contribution in [0.3, 0.4) is 0 Å². The molecule has 0 aliphatic heterocycles. The van der Waals surface area contributed by atoms with E-state index in [0.29, 0.717) is 6.61 Å². The third kappa shape index (κ3) is 4.67. The largest absolute Gasteiger partial charge is 0.397 e. The number of hydrogen-bond donors (Lipinski definition) is 1. The van der Waals surface area contributed by atoms with Crippen LogP contribution in [0.5, 0.6) is 0 Å². The number of hydrogen-bond acceptors (Lipinski definition) is 6. The van der Waals surface area contributed by atoms with Gasteiger partial charge in [0.25, 0.3) is 0 Å². The van der Waals surface area contributed by atoms with Crippen LogP contribution in [0.15, 0.2) is 42.5 Å². The van der Waals surface area contributed by atoms with Gasteiger partial charge in [-0.15, -0.1) is 0 Å². The maximum atomic E-state index is 9.33. The van der Waals surface area contributed by atoms with E-state index in [-0.39, 0.29) is 0 Å². The molecule has 7 nitrogen and oxygen atoms in total. The summed E-state index contributed by atoms with van der Waals surface area (Å²) in [6.45, 7) is 0.560. The van der Waals surface area contributed by atoms with Crippen LogP contribution in [0, 0.1) is 0 Å². The Morgan fingerprint density at radius 2 is 1.52 bits per heavy atom. The lowest BCUT2D eigenvalue weighted by atomic mass is 10.1. The van der Waals surface area contributed by atoms with Crippen LogP contribution in [0.1, 0.15) is 5.56 Å². The van der Waals surface area contributed by atoms with Gasteiger partial charge in [0.15, 0.2) is 0 Å². The minimum absolute atomic E-state index is 0.560. The van der Waals surface area contributed by atoms with Crippen LogP contribution >= 0.6 is 0 Å². The topological polar surface area (TPSA) is 98.6 Å². The minimum Gasteiger partial charge on any atom is -0.380 e.